The Labute approximate surface area is 194 Å². The Morgan fingerprint density at radius 1 is 1.21 bits per heavy atom. The Hall–Kier alpha value is -3.42. The van der Waals surface area contributed by atoms with Gasteiger partial charge in [-0.3, -0.25) is 9.59 Å². The number of rotatable bonds is 6. The average Bonchev–Trinajstić information content (AvgIpc) is 3.20. The van der Waals surface area contributed by atoms with E-state index in [4.69, 9.17) is 9.72 Å². The van der Waals surface area contributed by atoms with E-state index in [1.54, 1.807) is 13.1 Å². The zero-order valence-electron chi connectivity index (χ0n) is 19.7. The highest BCUT2D eigenvalue weighted by atomic mass is 16.5. The number of nitrogens with zero attached hydrogens (tertiary/aromatic N) is 4. The maximum atomic E-state index is 12.0. The fraction of sp³-hybridized carbons (Fsp3) is 0.440. The van der Waals surface area contributed by atoms with Crippen LogP contribution < -0.4 is 4.90 Å². The lowest BCUT2D eigenvalue weighted by atomic mass is 10.1. The predicted octanol–water partition coefficient (Wildman–Crippen LogP) is 3.57. The number of hydrogen-bond donors (Lipinski definition) is 1. The molecule has 2 atom stereocenters. The molecule has 33 heavy (non-hydrogen) atoms. The molecule has 0 spiro atoms. The topological polar surface area (TPSA) is 91.4 Å². The average molecular weight is 450 g/mol. The van der Waals surface area contributed by atoms with Gasteiger partial charge in [-0.2, -0.15) is 0 Å². The standard InChI is InChI=1S/C25H31N5O3/c1-5-9-33-24(32)11-19-10-20-21(13-27-25(20)26-12-19)22-7-6-8-23(28-22)29-14-16(2)30(18(4)31)17(3)15-29/h6-8,10,12-13,16-17H,5,9,11,14-15H2,1-4H3,(H,26,27)/t16-,17+. The molecule has 1 amide bonds. The molecule has 0 unspecified atom stereocenters. The van der Waals surface area contributed by atoms with Crippen molar-refractivity contribution < 1.29 is 14.3 Å². The smallest absolute Gasteiger partial charge is 0.310 e. The Bertz CT molecular complexity index is 1150. The largest absolute Gasteiger partial charge is 0.465 e. The van der Waals surface area contributed by atoms with Crippen LogP contribution in [0, 0.1) is 0 Å². The summed E-state index contributed by atoms with van der Waals surface area (Å²) < 4.78 is 5.21. The summed E-state index contributed by atoms with van der Waals surface area (Å²) in [6.45, 7) is 9.65. The number of esters is 1. The predicted molar refractivity (Wildman–Crippen MR) is 128 cm³/mol. The zero-order chi connectivity index (χ0) is 23.5. The van der Waals surface area contributed by atoms with Crippen LogP contribution >= 0.6 is 0 Å². The number of aromatic amines is 1. The van der Waals surface area contributed by atoms with Gasteiger partial charge in [0.2, 0.25) is 5.91 Å². The third-order valence-electron chi connectivity index (χ3n) is 6.02. The van der Waals surface area contributed by atoms with Crippen molar-refractivity contribution >= 4 is 28.7 Å². The molecule has 1 aliphatic rings. The number of anilines is 1. The van der Waals surface area contributed by atoms with Crippen LogP contribution in [-0.2, 0) is 20.7 Å². The van der Waals surface area contributed by atoms with Crippen molar-refractivity contribution in [3.05, 3.63) is 42.2 Å². The van der Waals surface area contributed by atoms with E-state index >= 15 is 0 Å². The van der Waals surface area contributed by atoms with Crippen LogP contribution in [0.3, 0.4) is 0 Å². The van der Waals surface area contributed by atoms with Crippen LogP contribution in [-0.4, -0.2) is 63.5 Å². The van der Waals surface area contributed by atoms with E-state index in [2.05, 4.69) is 28.7 Å². The Kier molecular flexibility index (Phi) is 6.62. The van der Waals surface area contributed by atoms with E-state index in [0.29, 0.717) is 6.61 Å². The fourth-order valence-corrected chi connectivity index (χ4v) is 4.67. The quantitative estimate of drug-likeness (QED) is 0.579. The summed E-state index contributed by atoms with van der Waals surface area (Å²) >= 11 is 0. The van der Waals surface area contributed by atoms with E-state index in [9.17, 15) is 9.59 Å². The lowest BCUT2D eigenvalue weighted by Gasteiger charge is -2.44. The number of piperazine rings is 1. The number of carbonyl (C=O) groups is 2. The summed E-state index contributed by atoms with van der Waals surface area (Å²) in [7, 11) is 0. The first-order valence-electron chi connectivity index (χ1n) is 11.5. The molecular formula is C25H31N5O3. The van der Waals surface area contributed by atoms with Crippen LogP contribution in [0.5, 0.6) is 0 Å². The number of nitrogens with one attached hydrogen (secondary N) is 1. The van der Waals surface area contributed by atoms with E-state index in [1.165, 1.54) is 0 Å². The van der Waals surface area contributed by atoms with Crippen molar-refractivity contribution in [3.8, 4) is 11.3 Å². The van der Waals surface area contributed by atoms with Crippen molar-refractivity contribution in [1.82, 2.24) is 19.9 Å². The second-order valence-electron chi connectivity index (χ2n) is 8.75. The number of carbonyl (C=O) groups excluding carboxylic acids is 2. The van der Waals surface area contributed by atoms with Crippen molar-refractivity contribution in [2.75, 3.05) is 24.6 Å². The third kappa shape index (κ3) is 4.84. The molecule has 1 fully saturated rings. The van der Waals surface area contributed by atoms with Gasteiger partial charge < -0.3 is 19.5 Å². The number of hydrogen-bond acceptors (Lipinski definition) is 6. The number of amides is 1. The van der Waals surface area contributed by atoms with Crippen molar-refractivity contribution in [2.24, 2.45) is 0 Å². The minimum absolute atomic E-state index is 0.108. The molecule has 4 rings (SSSR count). The summed E-state index contributed by atoms with van der Waals surface area (Å²) in [6.07, 6.45) is 4.60. The van der Waals surface area contributed by atoms with Gasteiger partial charge in [-0.05, 0) is 44.0 Å². The number of pyridine rings is 2. The van der Waals surface area contributed by atoms with Crippen LogP contribution in [0.2, 0.25) is 0 Å². The summed E-state index contributed by atoms with van der Waals surface area (Å²) in [4.78, 5) is 40.8. The molecule has 0 radical (unpaired) electrons. The molecule has 1 aliphatic heterocycles. The first-order valence-corrected chi connectivity index (χ1v) is 11.5. The van der Waals surface area contributed by atoms with Gasteiger partial charge in [-0.15, -0.1) is 0 Å². The van der Waals surface area contributed by atoms with Gasteiger partial charge in [0.15, 0.2) is 0 Å². The first kappa shape index (κ1) is 22.8. The second kappa shape index (κ2) is 9.60. The van der Waals surface area contributed by atoms with Gasteiger partial charge in [-0.1, -0.05) is 13.0 Å². The number of aromatic nitrogens is 3. The Morgan fingerprint density at radius 2 is 1.97 bits per heavy atom. The minimum Gasteiger partial charge on any atom is -0.465 e. The number of H-pyrrole nitrogens is 1. The number of fused-ring (bicyclic) bond motifs is 1. The van der Waals surface area contributed by atoms with Gasteiger partial charge in [0.25, 0.3) is 0 Å². The highest BCUT2D eigenvalue weighted by Gasteiger charge is 2.31. The molecule has 3 aromatic rings. The van der Waals surface area contributed by atoms with Crippen molar-refractivity contribution in [1.29, 1.82) is 0 Å². The Balaban J connectivity index is 1.59. The maximum Gasteiger partial charge on any atom is 0.310 e. The molecule has 174 valence electrons. The van der Waals surface area contributed by atoms with Crippen LogP contribution in [0.4, 0.5) is 5.82 Å². The molecule has 0 aliphatic carbocycles. The zero-order valence-corrected chi connectivity index (χ0v) is 19.7. The summed E-state index contributed by atoms with van der Waals surface area (Å²) in [6, 6.07) is 8.20. The fourth-order valence-electron chi connectivity index (χ4n) is 4.67. The van der Waals surface area contributed by atoms with Gasteiger partial charge in [0.1, 0.15) is 11.5 Å². The molecular weight excluding hydrogens is 418 g/mol. The summed E-state index contributed by atoms with van der Waals surface area (Å²) in [5.41, 5.74) is 3.33. The second-order valence-corrected chi connectivity index (χ2v) is 8.75. The Morgan fingerprint density at radius 3 is 2.67 bits per heavy atom. The molecule has 0 saturated carbocycles. The van der Waals surface area contributed by atoms with Crippen LogP contribution in [0.15, 0.2) is 36.7 Å². The monoisotopic (exact) mass is 449 g/mol. The summed E-state index contributed by atoms with van der Waals surface area (Å²) in [5.74, 6) is 0.746. The highest BCUT2D eigenvalue weighted by Crippen LogP contribution is 2.29. The molecule has 4 heterocycles. The van der Waals surface area contributed by atoms with E-state index in [1.807, 2.05) is 42.3 Å². The lowest BCUT2D eigenvalue weighted by molar-refractivity contribution is -0.142. The molecule has 1 saturated heterocycles. The van der Waals surface area contributed by atoms with E-state index in [0.717, 1.165) is 53.2 Å². The lowest BCUT2D eigenvalue weighted by Crippen LogP contribution is -2.58. The molecule has 8 nitrogen and oxygen atoms in total. The van der Waals surface area contributed by atoms with Gasteiger partial charge in [0, 0.05) is 55.4 Å². The van der Waals surface area contributed by atoms with E-state index in [-0.39, 0.29) is 30.4 Å². The molecule has 3 aromatic heterocycles. The van der Waals surface area contributed by atoms with E-state index < -0.39 is 0 Å². The molecule has 0 aromatic carbocycles. The SMILES string of the molecule is CCCOC(=O)Cc1cnc2[nH]cc(-c3cccc(N4C[C@@H](C)N(C(C)=O)[C@@H](C)C4)n3)c2c1. The number of ether oxygens (including phenoxy) is 1. The first-order chi connectivity index (χ1) is 15.9. The van der Waals surface area contributed by atoms with Crippen molar-refractivity contribution in [3.63, 3.8) is 0 Å². The van der Waals surface area contributed by atoms with Crippen LogP contribution in [0.25, 0.3) is 22.3 Å². The van der Waals surface area contributed by atoms with Gasteiger partial charge >= 0.3 is 5.97 Å². The minimum atomic E-state index is -0.247. The highest BCUT2D eigenvalue weighted by molar-refractivity contribution is 5.93. The summed E-state index contributed by atoms with van der Waals surface area (Å²) in [5, 5.41) is 0.920. The van der Waals surface area contributed by atoms with Gasteiger partial charge in [0.05, 0.1) is 18.7 Å². The molecule has 8 heteroatoms. The third-order valence-corrected chi connectivity index (χ3v) is 6.02. The maximum absolute atomic E-state index is 12.0. The van der Waals surface area contributed by atoms with Gasteiger partial charge in [-0.25, -0.2) is 9.97 Å². The molecule has 1 N–H and O–H groups in total. The van der Waals surface area contributed by atoms with Crippen LogP contribution in [0.1, 0.15) is 39.7 Å². The van der Waals surface area contributed by atoms with Crippen molar-refractivity contribution in [2.45, 2.75) is 52.6 Å². The normalized spacial score (nSPS) is 18.5. The molecule has 0 bridgehead atoms.